The molecular formula is C12H24. The van der Waals surface area contributed by atoms with Gasteiger partial charge in [0.2, 0.25) is 0 Å². The molecule has 0 nitrogen and oxygen atoms in total. The van der Waals surface area contributed by atoms with Gasteiger partial charge in [0.1, 0.15) is 0 Å². The van der Waals surface area contributed by atoms with E-state index >= 15 is 0 Å². The predicted molar refractivity (Wildman–Crippen MR) is 55.2 cm³/mol. The first-order chi connectivity index (χ1) is 5.72. The Morgan fingerprint density at radius 1 is 1.00 bits per heavy atom. The van der Waals surface area contributed by atoms with E-state index in [1.165, 1.54) is 38.5 Å². The summed E-state index contributed by atoms with van der Waals surface area (Å²) in [4.78, 5) is 0. The van der Waals surface area contributed by atoms with Crippen LogP contribution in [0, 0.1) is 17.8 Å². The smallest absolute Gasteiger partial charge is 0.0412 e. The Hall–Kier alpha value is 0. The van der Waals surface area contributed by atoms with Crippen LogP contribution in [0.1, 0.15) is 59.3 Å². The Balaban J connectivity index is 2.35. The molecule has 0 aromatic heterocycles. The molecule has 1 aliphatic carbocycles. The maximum absolute atomic E-state index is 2.44. The molecule has 0 aromatic rings. The zero-order chi connectivity index (χ0) is 8.97. The Bertz CT molecular complexity index is 117. The van der Waals surface area contributed by atoms with Crippen LogP contribution in [0.4, 0.5) is 0 Å². The molecule has 0 aromatic carbocycles. The van der Waals surface area contributed by atoms with Gasteiger partial charge in [0.15, 0.2) is 0 Å². The molecule has 3 atom stereocenters. The van der Waals surface area contributed by atoms with Crippen LogP contribution in [0.15, 0.2) is 0 Å². The molecule has 0 amide bonds. The van der Waals surface area contributed by atoms with Gasteiger partial charge in [0.05, 0.1) is 0 Å². The molecule has 3 unspecified atom stereocenters. The van der Waals surface area contributed by atoms with E-state index in [0.29, 0.717) is 0 Å². The molecule has 0 aliphatic heterocycles. The average Bonchev–Trinajstić information content (AvgIpc) is 2.13. The van der Waals surface area contributed by atoms with E-state index in [-0.39, 0.29) is 0 Å². The molecule has 1 rings (SSSR count). The van der Waals surface area contributed by atoms with Crippen molar-refractivity contribution in [1.29, 1.82) is 0 Å². The Kier molecular flexibility index (Phi) is 4.11. The minimum atomic E-state index is 0.985. The van der Waals surface area contributed by atoms with Crippen LogP contribution >= 0.6 is 0 Å². The van der Waals surface area contributed by atoms with E-state index in [9.17, 15) is 0 Å². The van der Waals surface area contributed by atoms with Crippen LogP contribution in [0.2, 0.25) is 0 Å². The van der Waals surface area contributed by atoms with Gasteiger partial charge in [-0.3, -0.25) is 0 Å². The van der Waals surface area contributed by atoms with Crippen LogP contribution in [0.25, 0.3) is 0 Å². The van der Waals surface area contributed by atoms with Crippen LogP contribution < -0.4 is 0 Å². The van der Waals surface area contributed by atoms with Crippen LogP contribution in [0.5, 0.6) is 0 Å². The monoisotopic (exact) mass is 168 g/mol. The summed E-state index contributed by atoms with van der Waals surface area (Å²) in [5.41, 5.74) is 0. The van der Waals surface area contributed by atoms with Crippen molar-refractivity contribution in [3.63, 3.8) is 0 Å². The van der Waals surface area contributed by atoms with Crippen LogP contribution in [-0.2, 0) is 0 Å². The molecule has 12 heavy (non-hydrogen) atoms. The fraction of sp³-hybridized carbons (Fsp3) is 1.00. The van der Waals surface area contributed by atoms with Crippen molar-refractivity contribution in [2.24, 2.45) is 17.8 Å². The van der Waals surface area contributed by atoms with Crippen molar-refractivity contribution in [1.82, 2.24) is 0 Å². The standard InChI is InChI=1S/C12H24/c1-4-5-12-7-6-10(2)8-11(3)9-12/h10-12H,4-9H2,1-3H3. The molecule has 0 saturated heterocycles. The fourth-order valence-electron chi connectivity index (χ4n) is 2.78. The summed E-state index contributed by atoms with van der Waals surface area (Å²) >= 11 is 0. The van der Waals surface area contributed by atoms with Gasteiger partial charge in [-0.1, -0.05) is 46.5 Å². The third-order valence-electron chi connectivity index (χ3n) is 3.31. The molecule has 0 heteroatoms. The summed E-state index contributed by atoms with van der Waals surface area (Å²) in [6.45, 7) is 7.17. The normalized spacial score (nSPS) is 37.8. The summed E-state index contributed by atoms with van der Waals surface area (Å²) in [5.74, 6) is 3.02. The first-order valence-corrected chi connectivity index (χ1v) is 5.72. The number of hydrogen-bond acceptors (Lipinski definition) is 0. The fourth-order valence-corrected chi connectivity index (χ4v) is 2.78. The van der Waals surface area contributed by atoms with Crippen LogP contribution in [0.3, 0.4) is 0 Å². The topological polar surface area (TPSA) is 0 Å². The quantitative estimate of drug-likeness (QED) is 0.541. The largest absolute Gasteiger partial charge is 0.0654 e. The number of hydrogen-bond donors (Lipinski definition) is 0. The van der Waals surface area contributed by atoms with Gasteiger partial charge in [-0.05, 0) is 30.6 Å². The molecule has 72 valence electrons. The zero-order valence-electron chi connectivity index (χ0n) is 8.97. The van der Waals surface area contributed by atoms with Crippen molar-refractivity contribution in [3.05, 3.63) is 0 Å². The highest BCUT2D eigenvalue weighted by molar-refractivity contribution is 4.71. The first-order valence-electron chi connectivity index (χ1n) is 5.72. The molecule has 1 aliphatic rings. The van der Waals surface area contributed by atoms with E-state index in [4.69, 9.17) is 0 Å². The third kappa shape index (κ3) is 3.16. The van der Waals surface area contributed by atoms with Gasteiger partial charge in [0.25, 0.3) is 0 Å². The van der Waals surface area contributed by atoms with Crippen molar-refractivity contribution in [3.8, 4) is 0 Å². The van der Waals surface area contributed by atoms with Crippen molar-refractivity contribution >= 4 is 0 Å². The SMILES string of the molecule is CCCC1CCC(C)CC(C)C1. The summed E-state index contributed by atoms with van der Waals surface area (Å²) < 4.78 is 0. The maximum atomic E-state index is 2.44. The molecule has 1 fully saturated rings. The first kappa shape index (κ1) is 10.1. The molecule has 0 radical (unpaired) electrons. The van der Waals surface area contributed by atoms with Crippen LogP contribution in [-0.4, -0.2) is 0 Å². The lowest BCUT2D eigenvalue weighted by molar-refractivity contribution is 0.369. The van der Waals surface area contributed by atoms with E-state index in [0.717, 1.165) is 17.8 Å². The minimum absolute atomic E-state index is 0.985. The lowest BCUT2D eigenvalue weighted by atomic mass is 9.91. The molecular weight excluding hydrogens is 144 g/mol. The Labute approximate surface area is 77.7 Å². The highest BCUT2D eigenvalue weighted by Crippen LogP contribution is 2.32. The zero-order valence-corrected chi connectivity index (χ0v) is 8.97. The van der Waals surface area contributed by atoms with E-state index in [2.05, 4.69) is 20.8 Å². The summed E-state index contributed by atoms with van der Waals surface area (Å²) in [7, 11) is 0. The lowest BCUT2D eigenvalue weighted by Crippen LogP contribution is -2.02. The Morgan fingerprint density at radius 2 is 1.75 bits per heavy atom. The van der Waals surface area contributed by atoms with Crippen molar-refractivity contribution < 1.29 is 0 Å². The predicted octanol–water partition coefficient (Wildman–Crippen LogP) is 4.25. The summed E-state index contributed by atoms with van der Waals surface area (Å²) in [6, 6.07) is 0. The molecule has 0 spiro atoms. The van der Waals surface area contributed by atoms with Gasteiger partial charge in [-0.2, -0.15) is 0 Å². The molecule has 0 heterocycles. The minimum Gasteiger partial charge on any atom is -0.0654 e. The van der Waals surface area contributed by atoms with Gasteiger partial charge in [-0.15, -0.1) is 0 Å². The van der Waals surface area contributed by atoms with E-state index in [1.807, 2.05) is 0 Å². The van der Waals surface area contributed by atoms with E-state index in [1.54, 1.807) is 0 Å². The van der Waals surface area contributed by atoms with Gasteiger partial charge >= 0.3 is 0 Å². The Morgan fingerprint density at radius 3 is 2.42 bits per heavy atom. The van der Waals surface area contributed by atoms with Crippen molar-refractivity contribution in [2.45, 2.75) is 59.3 Å². The second-order valence-electron chi connectivity index (χ2n) is 4.91. The van der Waals surface area contributed by atoms with Gasteiger partial charge < -0.3 is 0 Å². The van der Waals surface area contributed by atoms with E-state index < -0.39 is 0 Å². The average molecular weight is 168 g/mol. The molecule has 1 saturated carbocycles. The maximum Gasteiger partial charge on any atom is -0.0412 e. The van der Waals surface area contributed by atoms with Gasteiger partial charge in [-0.25, -0.2) is 0 Å². The molecule has 0 N–H and O–H groups in total. The second kappa shape index (κ2) is 4.89. The highest BCUT2D eigenvalue weighted by atomic mass is 14.3. The summed E-state index contributed by atoms with van der Waals surface area (Å²) in [5, 5.41) is 0. The third-order valence-corrected chi connectivity index (χ3v) is 3.31. The summed E-state index contributed by atoms with van der Waals surface area (Å²) in [6.07, 6.45) is 8.80. The number of rotatable bonds is 2. The van der Waals surface area contributed by atoms with Crippen molar-refractivity contribution in [2.75, 3.05) is 0 Å². The second-order valence-corrected chi connectivity index (χ2v) is 4.91. The molecule has 0 bridgehead atoms. The van der Waals surface area contributed by atoms with Gasteiger partial charge in [0, 0.05) is 0 Å². The highest BCUT2D eigenvalue weighted by Gasteiger charge is 2.19. The lowest BCUT2D eigenvalue weighted by Gasteiger charge is -2.15.